The van der Waals surface area contributed by atoms with Gasteiger partial charge in [-0.25, -0.2) is 12.8 Å². The summed E-state index contributed by atoms with van der Waals surface area (Å²) in [5.41, 5.74) is 0.971. The van der Waals surface area contributed by atoms with E-state index in [9.17, 15) is 17.6 Å². The Balaban J connectivity index is 1.63. The molecule has 1 N–H and O–H groups in total. The number of benzene rings is 2. The summed E-state index contributed by atoms with van der Waals surface area (Å²) in [6.07, 6.45) is 0. The largest absolute Gasteiger partial charge is 0.497 e. The zero-order chi connectivity index (χ0) is 21.7. The quantitative estimate of drug-likeness (QED) is 0.582. The van der Waals surface area contributed by atoms with Crippen LogP contribution in [0.1, 0.15) is 40.4 Å². The van der Waals surface area contributed by atoms with Crippen molar-refractivity contribution in [3.8, 4) is 5.75 Å². The fraction of sp³-hybridized carbons (Fsp3) is 0.227. The number of hydrogen-bond acceptors (Lipinski definition) is 5. The lowest BCUT2D eigenvalue weighted by atomic mass is 10.1. The minimum Gasteiger partial charge on any atom is -0.497 e. The summed E-state index contributed by atoms with van der Waals surface area (Å²) in [6, 6.07) is 15.5. The average Bonchev–Trinajstić information content (AvgIpc) is 3.17. The summed E-state index contributed by atoms with van der Waals surface area (Å²) in [5.74, 6) is -1.08. The number of ether oxygens (including phenoxy) is 1. The van der Waals surface area contributed by atoms with Crippen molar-refractivity contribution in [3.63, 3.8) is 0 Å². The molecule has 0 bridgehead atoms. The van der Waals surface area contributed by atoms with E-state index in [1.165, 1.54) is 30.3 Å². The van der Waals surface area contributed by atoms with E-state index in [1.807, 2.05) is 19.1 Å². The van der Waals surface area contributed by atoms with Crippen LogP contribution in [-0.4, -0.2) is 21.4 Å². The number of sulfone groups is 1. The number of furan rings is 1. The van der Waals surface area contributed by atoms with E-state index in [2.05, 4.69) is 5.32 Å². The van der Waals surface area contributed by atoms with Gasteiger partial charge in [0, 0.05) is 5.56 Å². The molecule has 0 saturated heterocycles. The van der Waals surface area contributed by atoms with Crippen molar-refractivity contribution in [1.82, 2.24) is 5.32 Å². The molecule has 0 radical (unpaired) electrons. The van der Waals surface area contributed by atoms with Crippen molar-refractivity contribution in [2.75, 3.05) is 7.11 Å². The van der Waals surface area contributed by atoms with Gasteiger partial charge in [-0.3, -0.25) is 4.79 Å². The van der Waals surface area contributed by atoms with Crippen LogP contribution in [0.25, 0.3) is 0 Å². The van der Waals surface area contributed by atoms with Crippen LogP contribution in [-0.2, 0) is 21.3 Å². The van der Waals surface area contributed by atoms with Crippen molar-refractivity contribution < 1.29 is 26.8 Å². The molecular weight excluding hydrogens is 409 g/mol. The number of hydrogen-bond donors (Lipinski definition) is 1. The number of carbonyl (C=O) groups is 1. The normalized spacial score (nSPS) is 12.4. The predicted molar refractivity (Wildman–Crippen MR) is 110 cm³/mol. The number of halogens is 1. The lowest BCUT2D eigenvalue weighted by Crippen LogP contribution is -2.26. The third kappa shape index (κ3) is 5.48. The van der Waals surface area contributed by atoms with E-state index in [4.69, 9.17) is 9.15 Å². The van der Waals surface area contributed by atoms with Gasteiger partial charge in [0.1, 0.15) is 23.1 Å². The minimum atomic E-state index is -3.67. The molecule has 1 aromatic heterocycles. The van der Waals surface area contributed by atoms with Crippen molar-refractivity contribution in [1.29, 1.82) is 0 Å². The van der Waals surface area contributed by atoms with Gasteiger partial charge < -0.3 is 14.5 Å². The maximum absolute atomic E-state index is 13.7. The molecule has 6 nitrogen and oxygen atoms in total. The smallest absolute Gasteiger partial charge is 0.287 e. The molecule has 0 spiro atoms. The molecule has 30 heavy (non-hydrogen) atoms. The first-order valence-electron chi connectivity index (χ1n) is 9.25. The van der Waals surface area contributed by atoms with Crippen LogP contribution in [0.5, 0.6) is 5.75 Å². The van der Waals surface area contributed by atoms with Crippen LogP contribution >= 0.6 is 0 Å². The summed E-state index contributed by atoms with van der Waals surface area (Å²) in [7, 11) is -2.10. The van der Waals surface area contributed by atoms with E-state index in [-0.39, 0.29) is 23.1 Å². The van der Waals surface area contributed by atoms with Crippen molar-refractivity contribution in [2.45, 2.75) is 24.5 Å². The first-order chi connectivity index (χ1) is 14.3. The number of amides is 1. The molecule has 0 saturated carbocycles. The highest BCUT2D eigenvalue weighted by Crippen LogP contribution is 2.20. The summed E-state index contributed by atoms with van der Waals surface area (Å²) in [4.78, 5) is 12.4. The Morgan fingerprint density at radius 3 is 2.43 bits per heavy atom. The first kappa shape index (κ1) is 21.6. The second-order valence-corrected chi connectivity index (χ2v) is 8.92. The van der Waals surface area contributed by atoms with Gasteiger partial charge in [0.15, 0.2) is 15.6 Å². The first-order valence-corrected chi connectivity index (χ1v) is 11.1. The molecule has 1 amide bonds. The number of rotatable bonds is 8. The Hall–Kier alpha value is -3.13. The summed E-state index contributed by atoms with van der Waals surface area (Å²) in [5, 5.41) is 2.80. The van der Waals surface area contributed by atoms with Gasteiger partial charge in [-0.2, -0.15) is 0 Å². The third-order valence-electron chi connectivity index (χ3n) is 4.54. The molecule has 0 unspecified atom stereocenters. The van der Waals surface area contributed by atoms with Crippen molar-refractivity contribution in [3.05, 3.63) is 89.1 Å². The van der Waals surface area contributed by atoms with Gasteiger partial charge >= 0.3 is 0 Å². The maximum Gasteiger partial charge on any atom is 0.287 e. The van der Waals surface area contributed by atoms with Crippen LogP contribution in [0, 0.1) is 5.82 Å². The molecular formula is C22H22FNO5S. The Bertz CT molecular complexity index is 1120. The van der Waals surface area contributed by atoms with Gasteiger partial charge in [0.2, 0.25) is 0 Å². The van der Waals surface area contributed by atoms with E-state index >= 15 is 0 Å². The molecule has 0 aliphatic heterocycles. The highest BCUT2D eigenvalue weighted by atomic mass is 32.2. The number of carbonyl (C=O) groups excluding carboxylic acids is 1. The maximum atomic E-state index is 13.7. The van der Waals surface area contributed by atoms with Gasteiger partial charge in [-0.05, 0) is 42.8 Å². The Morgan fingerprint density at radius 1 is 1.07 bits per heavy atom. The third-order valence-corrected chi connectivity index (χ3v) is 6.02. The zero-order valence-corrected chi connectivity index (χ0v) is 17.4. The zero-order valence-electron chi connectivity index (χ0n) is 16.6. The Morgan fingerprint density at radius 2 is 1.77 bits per heavy atom. The van der Waals surface area contributed by atoms with E-state index < -0.39 is 33.1 Å². The van der Waals surface area contributed by atoms with Gasteiger partial charge in [-0.1, -0.05) is 30.3 Å². The van der Waals surface area contributed by atoms with Gasteiger partial charge in [0.25, 0.3) is 5.91 Å². The molecule has 2 aromatic carbocycles. The van der Waals surface area contributed by atoms with E-state index in [1.54, 1.807) is 25.3 Å². The summed E-state index contributed by atoms with van der Waals surface area (Å²) >= 11 is 0. The monoisotopic (exact) mass is 431 g/mol. The molecule has 158 valence electrons. The summed E-state index contributed by atoms with van der Waals surface area (Å²) in [6.45, 7) is 1.82. The van der Waals surface area contributed by atoms with Crippen molar-refractivity contribution in [2.24, 2.45) is 0 Å². The lowest BCUT2D eigenvalue weighted by Gasteiger charge is -2.13. The molecule has 0 aliphatic carbocycles. The van der Waals surface area contributed by atoms with Gasteiger partial charge in [0.05, 0.1) is 18.9 Å². The molecule has 1 heterocycles. The van der Waals surface area contributed by atoms with Crippen LogP contribution < -0.4 is 10.1 Å². The molecule has 1 atom stereocenters. The molecule has 0 fully saturated rings. The number of nitrogens with one attached hydrogen (secondary N) is 1. The lowest BCUT2D eigenvalue weighted by molar-refractivity contribution is 0.0910. The molecule has 3 rings (SSSR count). The van der Waals surface area contributed by atoms with Crippen molar-refractivity contribution >= 4 is 15.7 Å². The Labute approximate surface area is 174 Å². The minimum absolute atomic E-state index is 0.00598. The fourth-order valence-electron chi connectivity index (χ4n) is 2.94. The second kappa shape index (κ2) is 9.13. The highest BCUT2D eigenvalue weighted by Gasteiger charge is 2.20. The van der Waals surface area contributed by atoms with Gasteiger partial charge in [-0.15, -0.1) is 0 Å². The highest BCUT2D eigenvalue weighted by molar-refractivity contribution is 7.89. The standard InChI is InChI=1S/C22H22FNO5S/c1-15(16-7-9-18(28-2)10-8-16)24-22(25)21-12-11-19(29-21)14-30(26,27)13-17-5-3-4-6-20(17)23/h3-12,15H,13-14H2,1-2H3,(H,24,25)/t15-/m1/s1. The molecule has 0 aliphatic rings. The molecule has 8 heteroatoms. The predicted octanol–water partition coefficient (Wildman–Crippen LogP) is 4.03. The van der Waals surface area contributed by atoms with Crippen LogP contribution in [0.3, 0.4) is 0 Å². The van der Waals surface area contributed by atoms with Crippen LogP contribution in [0.2, 0.25) is 0 Å². The SMILES string of the molecule is COc1ccc([C@@H](C)NC(=O)c2ccc(CS(=O)(=O)Cc3ccccc3F)o2)cc1. The van der Waals surface area contributed by atoms with E-state index in [0.29, 0.717) is 5.75 Å². The second-order valence-electron chi connectivity index (χ2n) is 6.86. The van der Waals surface area contributed by atoms with Crippen LogP contribution in [0.15, 0.2) is 65.1 Å². The summed E-state index contributed by atoms with van der Waals surface area (Å²) < 4.78 is 49.0. The van der Waals surface area contributed by atoms with Crippen LogP contribution in [0.4, 0.5) is 4.39 Å². The fourth-order valence-corrected chi connectivity index (χ4v) is 4.34. The number of methoxy groups -OCH3 is 1. The molecule has 3 aromatic rings. The van der Waals surface area contributed by atoms with E-state index in [0.717, 1.165) is 5.56 Å². The topological polar surface area (TPSA) is 85.6 Å². The Kier molecular flexibility index (Phi) is 6.56. The average molecular weight is 431 g/mol.